The van der Waals surface area contributed by atoms with Crippen molar-refractivity contribution in [1.29, 1.82) is 0 Å². The third-order valence-corrected chi connectivity index (χ3v) is 8.84. The van der Waals surface area contributed by atoms with Gasteiger partial charge in [0.15, 0.2) is 0 Å². The fourth-order valence-electron chi connectivity index (χ4n) is 3.18. The molecule has 0 saturated heterocycles. The molecule has 30 heavy (non-hydrogen) atoms. The lowest BCUT2D eigenvalue weighted by Gasteiger charge is -2.33. The van der Waals surface area contributed by atoms with Crippen molar-refractivity contribution in [2.24, 2.45) is 0 Å². The molecule has 7 heteroatoms. The summed E-state index contributed by atoms with van der Waals surface area (Å²) in [5.74, 6) is -0.352. The number of hydrogen-bond donors (Lipinski definition) is 0. The summed E-state index contributed by atoms with van der Waals surface area (Å²) >= 11 is 1.38. The Kier molecular flexibility index (Phi) is 7.14. The van der Waals surface area contributed by atoms with Crippen LogP contribution in [0, 0.1) is 0 Å². The van der Waals surface area contributed by atoms with Crippen LogP contribution in [0.5, 0.6) is 0 Å². The molecule has 0 radical (unpaired) electrons. The highest BCUT2D eigenvalue weighted by atomic mass is 32.1. The van der Waals surface area contributed by atoms with Crippen molar-refractivity contribution >= 4 is 35.0 Å². The van der Waals surface area contributed by atoms with Crippen LogP contribution >= 0.6 is 18.9 Å². The fourth-order valence-corrected chi connectivity index (χ4v) is 5.97. The quantitative estimate of drug-likeness (QED) is 0.268. The van der Waals surface area contributed by atoms with E-state index in [1.807, 2.05) is 68.4 Å². The predicted octanol–water partition coefficient (Wildman–Crippen LogP) is 6.76. The first-order valence-electron chi connectivity index (χ1n) is 9.95. The Morgan fingerprint density at radius 1 is 1.00 bits per heavy atom. The van der Waals surface area contributed by atoms with Gasteiger partial charge in [0.1, 0.15) is 11.5 Å². The van der Waals surface area contributed by atoms with Crippen LogP contribution in [0.2, 0.25) is 0 Å². The molecule has 160 valence electrons. The predicted molar refractivity (Wildman–Crippen MR) is 121 cm³/mol. The van der Waals surface area contributed by atoms with Crippen LogP contribution in [0.3, 0.4) is 0 Å². The third kappa shape index (κ3) is 4.68. The zero-order valence-corrected chi connectivity index (χ0v) is 19.4. The molecular weight excluding hydrogens is 419 g/mol. The molecule has 3 rings (SSSR count). The van der Waals surface area contributed by atoms with Gasteiger partial charge in [-0.1, -0.05) is 36.4 Å². The number of thiophene rings is 1. The van der Waals surface area contributed by atoms with E-state index in [-0.39, 0.29) is 12.6 Å². The molecule has 5 nitrogen and oxygen atoms in total. The van der Waals surface area contributed by atoms with E-state index in [9.17, 15) is 9.36 Å². The van der Waals surface area contributed by atoms with Gasteiger partial charge in [-0.2, -0.15) is 0 Å². The largest absolute Gasteiger partial charge is 0.457 e. The van der Waals surface area contributed by atoms with Crippen LogP contribution < -0.4 is 0 Å². The number of ether oxygens (including phenoxy) is 1. The summed E-state index contributed by atoms with van der Waals surface area (Å²) in [5, 5.41) is 0.0696. The van der Waals surface area contributed by atoms with E-state index in [0.29, 0.717) is 18.1 Å². The van der Waals surface area contributed by atoms with Gasteiger partial charge in [0.2, 0.25) is 0 Å². The highest BCUT2D eigenvalue weighted by molar-refractivity contribution is 7.55. The van der Waals surface area contributed by atoms with Crippen LogP contribution in [-0.4, -0.2) is 19.2 Å². The second kappa shape index (κ2) is 9.44. The van der Waals surface area contributed by atoms with E-state index in [1.165, 1.54) is 11.3 Å². The van der Waals surface area contributed by atoms with Crippen LogP contribution in [0.1, 0.15) is 48.5 Å². The molecule has 0 N–H and O–H groups in total. The van der Waals surface area contributed by atoms with E-state index < -0.39 is 12.8 Å². The lowest BCUT2D eigenvalue weighted by atomic mass is 10.0. The lowest BCUT2D eigenvalue weighted by Crippen LogP contribution is -2.21. The van der Waals surface area contributed by atoms with Gasteiger partial charge in [-0.3, -0.25) is 4.57 Å². The van der Waals surface area contributed by atoms with Crippen LogP contribution in [0.25, 0.3) is 10.1 Å². The van der Waals surface area contributed by atoms with Crippen LogP contribution in [0.15, 0.2) is 54.6 Å². The molecule has 0 bridgehead atoms. The summed E-state index contributed by atoms with van der Waals surface area (Å²) in [7, 11) is -3.37. The maximum absolute atomic E-state index is 13.4. The van der Waals surface area contributed by atoms with Gasteiger partial charge in [-0.15, -0.1) is 11.3 Å². The van der Waals surface area contributed by atoms with Gasteiger partial charge in [0, 0.05) is 4.70 Å². The fraction of sp³-hybridized carbons (Fsp3) is 0.348. The van der Waals surface area contributed by atoms with Crippen LogP contribution in [0.4, 0.5) is 0 Å². The average Bonchev–Trinajstić information content (AvgIpc) is 3.16. The van der Waals surface area contributed by atoms with Crippen molar-refractivity contribution in [1.82, 2.24) is 0 Å². The topological polar surface area (TPSA) is 61.8 Å². The van der Waals surface area contributed by atoms with E-state index in [1.54, 1.807) is 13.8 Å². The minimum atomic E-state index is -3.37. The average molecular weight is 447 g/mol. The molecule has 0 aliphatic carbocycles. The van der Waals surface area contributed by atoms with Gasteiger partial charge in [0.05, 0.1) is 18.4 Å². The smallest absolute Gasteiger partial charge is 0.348 e. The van der Waals surface area contributed by atoms with Gasteiger partial charge >= 0.3 is 13.6 Å². The number of hydrogen-bond acceptors (Lipinski definition) is 6. The first kappa shape index (κ1) is 22.7. The van der Waals surface area contributed by atoms with Crippen LogP contribution in [-0.2, 0) is 30.1 Å². The van der Waals surface area contributed by atoms with Crippen molar-refractivity contribution in [2.75, 3.05) is 13.2 Å². The molecule has 0 fully saturated rings. The Morgan fingerprint density at radius 2 is 1.67 bits per heavy atom. The standard InChI is InChI=1S/C23H27O5PS/c1-5-27-29(25,28-6-2)23(3,4)19-12-13-20-18(14-19)15-21(30-20)22(24)26-16-17-10-8-7-9-11-17/h7-15H,5-6,16H2,1-4H3. The van der Waals surface area contributed by atoms with Gasteiger partial charge in [-0.25, -0.2) is 4.79 Å². The number of carbonyl (C=O) groups is 1. The van der Waals surface area contributed by atoms with Crippen molar-refractivity contribution in [3.05, 3.63) is 70.6 Å². The second-order valence-electron chi connectivity index (χ2n) is 7.32. The molecule has 0 aliphatic heterocycles. The minimum Gasteiger partial charge on any atom is -0.457 e. The molecule has 2 aromatic carbocycles. The van der Waals surface area contributed by atoms with Gasteiger partial charge in [0.25, 0.3) is 0 Å². The Hall–Kier alpha value is -1.98. The van der Waals surface area contributed by atoms with E-state index >= 15 is 0 Å². The molecule has 0 aliphatic rings. The third-order valence-electron chi connectivity index (χ3n) is 4.92. The Bertz CT molecular complexity index is 1050. The minimum absolute atomic E-state index is 0.234. The number of fused-ring (bicyclic) bond motifs is 1. The monoisotopic (exact) mass is 446 g/mol. The summed E-state index contributed by atoms with van der Waals surface area (Å²) in [5.41, 5.74) is 1.78. The number of benzene rings is 2. The van der Waals surface area contributed by atoms with Crippen molar-refractivity contribution in [3.63, 3.8) is 0 Å². The zero-order valence-electron chi connectivity index (χ0n) is 17.7. The zero-order chi connectivity index (χ0) is 21.8. The Labute approximate surface area is 181 Å². The summed E-state index contributed by atoms with van der Waals surface area (Å²) in [6.07, 6.45) is 0. The number of rotatable bonds is 9. The molecule has 0 spiro atoms. The lowest BCUT2D eigenvalue weighted by molar-refractivity contribution is 0.0478. The molecule has 3 aromatic rings. The first-order valence-corrected chi connectivity index (χ1v) is 12.3. The second-order valence-corrected chi connectivity index (χ2v) is 11.0. The van der Waals surface area contributed by atoms with Gasteiger partial charge < -0.3 is 13.8 Å². The van der Waals surface area contributed by atoms with E-state index in [4.69, 9.17) is 13.8 Å². The van der Waals surface area contributed by atoms with Crippen molar-refractivity contribution < 1.29 is 23.1 Å². The molecule has 0 atom stereocenters. The molecular formula is C23H27O5PS. The van der Waals surface area contributed by atoms with E-state index in [2.05, 4.69) is 0 Å². The molecule has 0 amide bonds. The first-order chi connectivity index (χ1) is 14.3. The SMILES string of the molecule is CCOP(=O)(OCC)C(C)(C)c1ccc2sc(C(=O)OCc3ccccc3)cc2c1. The van der Waals surface area contributed by atoms with E-state index in [0.717, 1.165) is 21.2 Å². The molecule has 1 heterocycles. The molecule has 0 saturated carbocycles. The molecule has 1 aromatic heterocycles. The number of carbonyl (C=O) groups excluding carboxylic acids is 1. The summed E-state index contributed by atoms with van der Waals surface area (Å²) in [6.45, 7) is 8.17. The Morgan fingerprint density at radius 3 is 2.30 bits per heavy atom. The maximum atomic E-state index is 13.4. The summed E-state index contributed by atoms with van der Waals surface area (Å²) in [6, 6.07) is 17.2. The Balaban J connectivity index is 1.84. The highest BCUT2D eigenvalue weighted by Gasteiger charge is 2.44. The highest BCUT2D eigenvalue weighted by Crippen LogP contribution is 2.64. The maximum Gasteiger partial charge on any atom is 0.348 e. The van der Waals surface area contributed by atoms with Gasteiger partial charge in [-0.05, 0) is 62.4 Å². The van der Waals surface area contributed by atoms with Crippen molar-refractivity contribution in [3.8, 4) is 0 Å². The molecule has 0 unspecified atom stereocenters. The summed E-state index contributed by atoms with van der Waals surface area (Å²) < 4.78 is 31.0. The number of esters is 1. The normalized spacial score (nSPS) is 12.3. The van der Waals surface area contributed by atoms with Crippen molar-refractivity contribution in [2.45, 2.75) is 39.5 Å². The summed E-state index contributed by atoms with van der Waals surface area (Å²) in [4.78, 5) is 13.0.